The van der Waals surface area contributed by atoms with Gasteiger partial charge in [0.05, 0.1) is 11.1 Å². The van der Waals surface area contributed by atoms with Crippen LogP contribution in [0.4, 0.5) is 5.69 Å². The molecule has 5 nitrogen and oxygen atoms in total. The molecule has 0 radical (unpaired) electrons. The number of hydrogen-bond donors (Lipinski definition) is 1. The summed E-state index contributed by atoms with van der Waals surface area (Å²) in [6, 6.07) is 10.1. The summed E-state index contributed by atoms with van der Waals surface area (Å²) in [5.41, 5.74) is 4.02. The SMILES string of the molecule is CCc1cccc(CC)c1NC(=O)CSc1nc2scc(-c3cccs3)c2c(=O)n1C. The van der Waals surface area contributed by atoms with Gasteiger partial charge in [0.2, 0.25) is 5.91 Å². The Morgan fingerprint density at radius 3 is 2.52 bits per heavy atom. The third-order valence-corrected chi connectivity index (χ3v) is 7.96. The van der Waals surface area contributed by atoms with Gasteiger partial charge < -0.3 is 5.32 Å². The van der Waals surface area contributed by atoms with Crippen LogP contribution in [-0.2, 0) is 24.7 Å². The number of aromatic nitrogens is 2. The molecule has 0 spiro atoms. The second-order valence-corrected chi connectivity index (χ2v) is 9.81. The number of nitrogens with one attached hydrogen (secondary N) is 1. The van der Waals surface area contributed by atoms with Crippen molar-refractivity contribution in [3.8, 4) is 10.4 Å². The third-order valence-electron chi connectivity index (χ3n) is 5.16. The van der Waals surface area contributed by atoms with Gasteiger partial charge in [-0.3, -0.25) is 14.2 Å². The number of aryl methyl sites for hydroxylation is 2. The zero-order valence-corrected chi connectivity index (χ0v) is 20.0. The Morgan fingerprint density at radius 2 is 1.87 bits per heavy atom. The number of thioether (sulfide) groups is 1. The highest BCUT2D eigenvalue weighted by atomic mass is 32.2. The van der Waals surface area contributed by atoms with Crippen LogP contribution in [-0.4, -0.2) is 21.2 Å². The van der Waals surface area contributed by atoms with E-state index in [-0.39, 0.29) is 17.2 Å². The minimum absolute atomic E-state index is 0.0813. The van der Waals surface area contributed by atoms with Gasteiger partial charge in [0, 0.05) is 28.6 Å². The molecular weight excluding hydrogens is 446 g/mol. The molecule has 3 aromatic heterocycles. The Bertz CT molecular complexity index is 1270. The standard InChI is InChI=1S/C23H23N3O2S3/c1-4-14-8-6-9-15(5-2)20(14)24-18(27)13-31-23-25-21-19(22(28)26(23)3)16(12-30-21)17-10-7-11-29-17/h6-12H,4-5,13H2,1-3H3,(H,24,27). The van der Waals surface area contributed by atoms with Crippen molar-refractivity contribution in [1.82, 2.24) is 9.55 Å². The van der Waals surface area contributed by atoms with Gasteiger partial charge in [-0.05, 0) is 35.4 Å². The van der Waals surface area contributed by atoms with Crippen LogP contribution in [0.1, 0.15) is 25.0 Å². The molecule has 4 rings (SSSR count). The highest BCUT2D eigenvalue weighted by molar-refractivity contribution is 7.99. The van der Waals surface area contributed by atoms with Crippen molar-refractivity contribution >= 4 is 56.2 Å². The Morgan fingerprint density at radius 1 is 1.13 bits per heavy atom. The molecule has 1 amide bonds. The number of carbonyl (C=O) groups is 1. The molecule has 0 aliphatic rings. The molecule has 160 valence electrons. The fourth-order valence-corrected chi connectivity index (χ4v) is 6.08. The van der Waals surface area contributed by atoms with Gasteiger partial charge in [-0.1, -0.05) is 49.9 Å². The lowest BCUT2D eigenvalue weighted by atomic mass is 10.0. The lowest BCUT2D eigenvalue weighted by molar-refractivity contribution is -0.113. The zero-order chi connectivity index (χ0) is 22.0. The minimum Gasteiger partial charge on any atom is -0.325 e. The Hall–Kier alpha value is -2.42. The van der Waals surface area contributed by atoms with Gasteiger partial charge >= 0.3 is 0 Å². The van der Waals surface area contributed by atoms with Crippen LogP contribution in [0.5, 0.6) is 0 Å². The Labute approximate surface area is 193 Å². The number of para-hydroxylation sites is 1. The number of carbonyl (C=O) groups excluding carboxylic acids is 1. The lowest BCUT2D eigenvalue weighted by Gasteiger charge is -2.14. The van der Waals surface area contributed by atoms with Gasteiger partial charge in [-0.2, -0.15) is 0 Å². The first-order valence-corrected chi connectivity index (χ1v) is 12.8. The maximum absolute atomic E-state index is 13.0. The van der Waals surface area contributed by atoms with Crippen LogP contribution < -0.4 is 10.9 Å². The van der Waals surface area contributed by atoms with E-state index in [1.807, 2.05) is 41.1 Å². The number of benzene rings is 1. The van der Waals surface area contributed by atoms with Gasteiger partial charge in [0.15, 0.2) is 5.16 Å². The van der Waals surface area contributed by atoms with E-state index in [4.69, 9.17) is 0 Å². The molecule has 0 saturated carbocycles. The minimum atomic E-state index is -0.0969. The molecule has 0 aliphatic carbocycles. The van der Waals surface area contributed by atoms with E-state index in [1.165, 1.54) is 23.1 Å². The van der Waals surface area contributed by atoms with Crippen LogP contribution >= 0.6 is 34.4 Å². The maximum atomic E-state index is 13.0. The second kappa shape index (κ2) is 9.38. The van der Waals surface area contributed by atoms with Crippen molar-refractivity contribution in [3.63, 3.8) is 0 Å². The van der Waals surface area contributed by atoms with Crippen LogP contribution in [0, 0.1) is 0 Å². The monoisotopic (exact) mass is 469 g/mol. The van der Waals surface area contributed by atoms with Crippen molar-refractivity contribution in [3.05, 3.63) is 62.6 Å². The van der Waals surface area contributed by atoms with Gasteiger partial charge in [-0.25, -0.2) is 4.98 Å². The molecule has 0 unspecified atom stereocenters. The number of fused-ring (bicyclic) bond motifs is 1. The number of rotatable bonds is 7. The van der Waals surface area contributed by atoms with Crippen molar-refractivity contribution in [2.24, 2.45) is 7.05 Å². The topological polar surface area (TPSA) is 64.0 Å². The molecule has 1 aromatic carbocycles. The summed E-state index contributed by atoms with van der Waals surface area (Å²) < 4.78 is 1.54. The summed E-state index contributed by atoms with van der Waals surface area (Å²) in [6.45, 7) is 4.17. The first kappa shape index (κ1) is 21.8. The largest absolute Gasteiger partial charge is 0.325 e. The van der Waals surface area contributed by atoms with E-state index in [0.29, 0.717) is 15.4 Å². The van der Waals surface area contributed by atoms with E-state index in [1.54, 1.807) is 23.0 Å². The van der Waals surface area contributed by atoms with E-state index in [2.05, 4.69) is 24.1 Å². The van der Waals surface area contributed by atoms with Crippen molar-refractivity contribution < 1.29 is 4.79 Å². The average molecular weight is 470 g/mol. The average Bonchev–Trinajstić information content (AvgIpc) is 3.45. The van der Waals surface area contributed by atoms with E-state index >= 15 is 0 Å². The number of hydrogen-bond acceptors (Lipinski definition) is 6. The summed E-state index contributed by atoms with van der Waals surface area (Å²) in [4.78, 5) is 32.2. The van der Waals surface area contributed by atoms with Gasteiger partial charge in [0.1, 0.15) is 4.83 Å². The van der Waals surface area contributed by atoms with Crippen LogP contribution in [0.3, 0.4) is 0 Å². The highest BCUT2D eigenvalue weighted by Crippen LogP contribution is 2.34. The number of thiophene rings is 2. The van der Waals surface area contributed by atoms with Crippen LogP contribution in [0.25, 0.3) is 20.7 Å². The number of nitrogens with zero attached hydrogens (tertiary/aromatic N) is 2. The molecular formula is C23H23N3O2S3. The molecule has 0 aliphatic heterocycles. The van der Waals surface area contributed by atoms with E-state index in [9.17, 15) is 9.59 Å². The first-order valence-electron chi connectivity index (χ1n) is 10.1. The number of amides is 1. The van der Waals surface area contributed by atoms with Gasteiger partial charge in [-0.15, -0.1) is 22.7 Å². The fraction of sp³-hybridized carbons (Fsp3) is 0.261. The molecule has 0 fully saturated rings. The summed E-state index contributed by atoms with van der Waals surface area (Å²) >= 11 is 4.36. The molecule has 3 heterocycles. The van der Waals surface area contributed by atoms with Gasteiger partial charge in [0.25, 0.3) is 5.56 Å². The highest BCUT2D eigenvalue weighted by Gasteiger charge is 2.17. The molecule has 0 bridgehead atoms. The summed E-state index contributed by atoms with van der Waals surface area (Å²) in [5.74, 6) is 0.0938. The quantitative estimate of drug-likeness (QED) is 0.283. The molecule has 4 aromatic rings. The molecule has 8 heteroatoms. The Balaban J connectivity index is 1.56. The summed E-state index contributed by atoms with van der Waals surface area (Å²) in [7, 11) is 1.71. The van der Waals surface area contributed by atoms with Crippen molar-refractivity contribution in [1.29, 1.82) is 0 Å². The third kappa shape index (κ3) is 4.33. The Kier molecular flexibility index (Phi) is 6.60. The lowest BCUT2D eigenvalue weighted by Crippen LogP contribution is -2.21. The van der Waals surface area contributed by atoms with Crippen LogP contribution in [0.2, 0.25) is 0 Å². The number of anilines is 1. The summed E-state index contributed by atoms with van der Waals surface area (Å²) in [6.07, 6.45) is 1.71. The van der Waals surface area contributed by atoms with Crippen molar-refractivity contribution in [2.45, 2.75) is 31.8 Å². The van der Waals surface area contributed by atoms with E-state index < -0.39 is 0 Å². The normalized spacial score (nSPS) is 11.2. The van der Waals surface area contributed by atoms with Crippen molar-refractivity contribution in [2.75, 3.05) is 11.1 Å². The smallest absolute Gasteiger partial charge is 0.263 e. The van der Waals surface area contributed by atoms with Crippen LogP contribution in [0.15, 0.2) is 51.0 Å². The zero-order valence-electron chi connectivity index (χ0n) is 17.6. The first-order chi connectivity index (χ1) is 15.0. The van der Waals surface area contributed by atoms with E-state index in [0.717, 1.165) is 40.1 Å². The summed E-state index contributed by atoms with van der Waals surface area (Å²) in [5, 5.41) is 8.25. The predicted molar refractivity (Wildman–Crippen MR) is 133 cm³/mol. The maximum Gasteiger partial charge on any atom is 0.263 e. The molecule has 0 atom stereocenters. The molecule has 31 heavy (non-hydrogen) atoms. The fourth-order valence-electron chi connectivity index (χ4n) is 3.50. The molecule has 1 N–H and O–H groups in total. The predicted octanol–water partition coefficient (Wildman–Crippen LogP) is 5.58. The second-order valence-electron chi connectivity index (χ2n) is 7.06. The molecule has 0 saturated heterocycles.